The highest BCUT2D eigenvalue weighted by molar-refractivity contribution is 7.14. The SMILES string of the molecule is C[C@@H]1Cc2cc(NC(=O)N3CCc4sc(C(=O)N(C)C)cc4C3)ccc2O1. The molecule has 0 saturated carbocycles. The number of rotatable bonds is 2. The number of hydrogen-bond donors (Lipinski definition) is 1. The minimum absolute atomic E-state index is 0.0139. The van der Waals surface area contributed by atoms with E-state index in [9.17, 15) is 9.59 Å². The molecule has 6 nitrogen and oxygen atoms in total. The molecular weight excluding hydrogens is 362 g/mol. The van der Waals surface area contributed by atoms with Crippen molar-refractivity contribution in [3.8, 4) is 5.75 Å². The van der Waals surface area contributed by atoms with Crippen LogP contribution in [0, 0.1) is 0 Å². The Balaban J connectivity index is 1.44. The summed E-state index contributed by atoms with van der Waals surface area (Å²) in [6, 6.07) is 7.60. The fourth-order valence-corrected chi connectivity index (χ4v) is 4.72. The minimum Gasteiger partial charge on any atom is -0.490 e. The van der Waals surface area contributed by atoms with Crippen molar-refractivity contribution in [2.75, 3.05) is 26.0 Å². The van der Waals surface area contributed by atoms with Crippen LogP contribution in [0.15, 0.2) is 24.3 Å². The number of anilines is 1. The molecule has 2 aliphatic heterocycles. The molecule has 0 aliphatic carbocycles. The van der Waals surface area contributed by atoms with Gasteiger partial charge < -0.3 is 19.9 Å². The van der Waals surface area contributed by atoms with E-state index in [1.54, 1.807) is 23.9 Å². The van der Waals surface area contributed by atoms with E-state index >= 15 is 0 Å². The van der Waals surface area contributed by atoms with Gasteiger partial charge in [-0.3, -0.25) is 4.79 Å². The molecule has 142 valence electrons. The lowest BCUT2D eigenvalue weighted by Crippen LogP contribution is -2.38. The number of carbonyl (C=O) groups excluding carboxylic acids is 2. The molecule has 27 heavy (non-hydrogen) atoms. The normalized spacial score (nSPS) is 17.7. The lowest BCUT2D eigenvalue weighted by Gasteiger charge is -2.27. The largest absolute Gasteiger partial charge is 0.490 e. The van der Waals surface area contributed by atoms with Gasteiger partial charge in [0.25, 0.3) is 5.91 Å². The zero-order valence-corrected chi connectivity index (χ0v) is 16.6. The van der Waals surface area contributed by atoms with Crippen molar-refractivity contribution < 1.29 is 14.3 Å². The number of fused-ring (bicyclic) bond motifs is 2. The van der Waals surface area contributed by atoms with Crippen LogP contribution in [0.3, 0.4) is 0 Å². The van der Waals surface area contributed by atoms with E-state index in [-0.39, 0.29) is 18.0 Å². The molecule has 0 fully saturated rings. The van der Waals surface area contributed by atoms with E-state index < -0.39 is 0 Å². The molecular formula is C20H23N3O3S. The third kappa shape index (κ3) is 3.51. The van der Waals surface area contributed by atoms with Crippen LogP contribution in [0.25, 0.3) is 0 Å². The smallest absolute Gasteiger partial charge is 0.322 e. The number of amides is 3. The molecule has 1 aromatic carbocycles. The summed E-state index contributed by atoms with van der Waals surface area (Å²) < 4.78 is 5.71. The average molecular weight is 385 g/mol. The van der Waals surface area contributed by atoms with E-state index in [2.05, 4.69) is 5.32 Å². The number of benzene rings is 1. The van der Waals surface area contributed by atoms with Crippen LogP contribution in [0.5, 0.6) is 5.75 Å². The van der Waals surface area contributed by atoms with Crippen LogP contribution in [0.1, 0.15) is 32.6 Å². The molecule has 0 spiro atoms. The summed E-state index contributed by atoms with van der Waals surface area (Å²) in [7, 11) is 3.51. The van der Waals surface area contributed by atoms with Crippen molar-refractivity contribution in [1.82, 2.24) is 9.80 Å². The first kappa shape index (κ1) is 17.9. The van der Waals surface area contributed by atoms with Gasteiger partial charge in [0.2, 0.25) is 0 Å². The Bertz CT molecular complexity index is 906. The molecule has 3 amide bonds. The van der Waals surface area contributed by atoms with E-state index in [1.165, 1.54) is 16.2 Å². The predicted octanol–water partition coefficient (Wildman–Crippen LogP) is 3.36. The first-order valence-electron chi connectivity index (χ1n) is 9.09. The summed E-state index contributed by atoms with van der Waals surface area (Å²) >= 11 is 1.54. The number of thiophene rings is 1. The molecule has 4 rings (SSSR count). The zero-order valence-electron chi connectivity index (χ0n) is 15.7. The zero-order chi connectivity index (χ0) is 19.1. The second kappa shape index (κ2) is 6.88. The van der Waals surface area contributed by atoms with Crippen LogP contribution >= 0.6 is 11.3 Å². The Morgan fingerprint density at radius 3 is 2.85 bits per heavy atom. The Hall–Kier alpha value is -2.54. The summed E-state index contributed by atoms with van der Waals surface area (Å²) in [5.41, 5.74) is 2.99. The van der Waals surface area contributed by atoms with Crippen LogP contribution in [0.2, 0.25) is 0 Å². The number of carbonyl (C=O) groups is 2. The first-order valence-corrected chi connectivity index (χ1v) is 9.91. The molecule has 3 heterocycles. The van der Waals surface area contributed by atoms with E-state index in [1.807, 2.05) is 31.2 Å². The van der Waals surface area contributed by atoms with Crippen molar-refractivity contribution in [2.24, 2.45) is 0 Å². The summed E-state index contributed by atoms with van der Waals surface area (Å²) in [5, 5.41) is 2.99. The first-order chi connectivity index (χ1) is 12.9. The predicted molar refractivity (Wildman–Crippen MR) is 106 cm³/mol. The van der Waals surface area contributed by atoms with Gasteiger partial charge in [-0.15, -0.1) is 11.3 Å². The van der Waals surface area contributed by atoms with Crippen LogP contribution in [0.4, 0.5) is 10.5 Å². The molecule has 0 saturated heterocycles. The van der Waals surface area contributed by atoms with Gasteiger partial charge in [0.1, 0.15) is 11.9 Å². The summed E-state index contributed by atoms with van der Waals surface area (Å²) in [6.45, 7) is 3.23. The molecule has 1 N–H and O–H groups in total. The number of ether oxygens (including phenoxy) is 1. The van der Waals surface area contributed by atoms with Crippen molar-refractivity contribution in [3.05, 3.63) is 45.1 Å². The Kier molecular flexibility index (Phi) is 4.55. The van der Waals surface area contributed by atoms with Crippen LogP contribution in [-0.4, -0.2) is 48.5 Å². The standard InChI is InChI=1S/C20H23N3O3S/c1-12-8-13-9-15(4-5-16(13)26-12)21-20(25)23-7-6-17-14(11-23)10-18(27-17)19(24)22(2)3/h4-5,9-10,12H,6-8,11H2,1-3H3,(H,21,25)/t12-/m1/s1. The van der Waals surface area contributed by atoms with Gasteiger partial charge in [-0.05, 0) is 48.7 Å². The van der Waals surface area contributed by atoms with E-state index in [0.29, 0.717) is 13.1 Å². The second-order valence-corrected chi connectivity index (χ2v) is 8.45. The van der Waals surface area contributed by atoms with Gasteiger partial charge in [-0.25, -0.2) is 4.79 Å². The van der Waals surface area contributed by atoms with Gasteiger partial charge >= 0.3 is 6.03 Å². The summed E-state index contributed by atoms with van der Waals surface area (Å²) in [6.07, 6.45) is 1.83. The highest BCUT2D eigenvalue weighted by atomic mass is 32.1. The monoisotopic (exact) mass is 385 g/mol. The van der Waals surface area contributed by atoms with E-state index in [4.69, 9.17) is 4.74 Å². The number of urea groups is 1. The van der Waals surface area contributed by atoms with Crippen LogP contribution in [-0.2, 0) is 19.4 Å². The lowest BCUT2D eigenvalue weighted by molar-refractivity contribution is 0.0832. The summed E-state index contributed by atoms with van der Waals surface area (Å²) in [4.78, 5) is 30.2. The van der Waals surface area contributed by atoms with Gasteiger partial charge in [-0.1, -0.05) is 0 Å². The molecule has 2 aromatic rings. The quantitative estimate of drug-likeness (QED) is 0.862. The third-order valence-electron chi connectivity index (χ3n) is 4.92. The van der Waals surface area contributed by atoms with Gasteiger partial charge in [0.05, 0.1) is 4.88 Å². The molecule has 0 unspecified atom stereocenters. The van der Waals surface area contributed by atoms with Crippen molar-refractivity contribution in [2.45, 2.75) is 32.4 Å². The lowest BCUT2D eigenvalue weighted by atomic mass is 10.1. The van der Waals surface area contributed by atoms with Gasteiger partial charge in [0, 0.05) is 44.2 Å². The van der Waals surface area contributed by atoms with Crippen molar-refractivity contribution in [3.63, 3.8) is 0 Å². The molecule has 0 radical (unpaired) electrons. The van der Waals surface area contributed by atoms with Gasteiger partial charge in [-0.2, -0.15) is 0 Å². The summed E-state index contributed by atoms with van der Waals surface area (Å²) in [5.74, 6) is 0.916. The minimum atomic E-state index is -0.112. The number of nitrogens with one attached hydrogen (secondary N) is 1. The molecule has 7 heteroatoms. The maximum Gasteiger partial charge on any atom is 0.322 e. The number of nitrogens with zero attached hydrogens (tertiary/aromatic N) is 2. The highest BCUT2D eigenvalue weighted by Gasteiger charge is 2.25. The number of hydrogen-bond acceptors (Lipinski definition) is 4. The Morgan fingerprint density at radius 1 is 1.26 bits per heavy atom. The highest BCUT2D eigenvalue weighted by Crippen LogP contribution is 2.32. The van der Waals surface area contributed by atoms with Crippen molar-refractivity contribution >= 4 is 29.0 Å². The molecule has 0 bridgehead atoms. The maximum absolute atomic E-state index is 12.7. The van der Waals surface area contributed by atoms with E-state index in [0.717, 1.165) is 40.3 Å². The average Bonchev–Trinajstić information content (AvgIpc) is 3.21. The topological polar surface area (TPSA) is 61.9 Å². The van der Waals surface area contributed by atoms with Gasteiger partial charge in [0.15, 0.2) is 0 Å². The van der Waals surface area contributed by atoms with Crippen LogP contribution < -0.4 is 10.1 Å². The second-order valence-electron chi connectivity index (χ2n) is 7.32. The Labute approximate surface area is 162 Å². The fourth-order valence-electron chi connectivity index (χ4n) is 3.53. The molecule has 1 atom stereocenters. The third-order valence-corrected chi connectivity index (χ3v) is 6.14. The maximum atomic E-state index is 12.7. The Morgan fingerprint density at radius 2 is 2.07 bits per heavy atom. The molecule has 1 aromatic heterocycles. The fraction of sp³-hybridized carbons (Fsp3) is 0.400. The van der Waals surface area contributed by atoms with Crippen molar-refractivity contribution in [1.29, 1.82) is 0 Å². The molecule has 2 aliphatic rings.